The zero-order valence-electron chi connectivity index (χ0n) is 8.76. The number of hydrogen-bond donors (Lipinski definition) is 0. The Balaban J connectivity index is 1.75. The fourth-order valence-corrected chi connectivity index (χ4v) is 2.49. The van der Waals surface area contributed by atoms with E-state index in [0.29, 0.717) is 12.2 Å². The number of hydrogen-bond acceptors (Lipinski definition) is 2. The predicted octanol–water partition coefficient (Wildman–Crippen LogP) is 3.04. The van der Waals surface area contributed by atoms with E-state index in [9.17, 15) is 0 Å². The lowest BCUT2D eigenvalue weighted by molar-refractivity contribution is -0.0680. The first-order valence-corrected chi connectivity index (χ1v) is 5.79. The van der Waals surface area contributed by atoms with Gasteiger partial charge >= 0.3 is 0 Å². The van der Waals surface area contributed by atoms with Gasteiger partial charge < -0.3 is 9.47 Å². The zero-order chi connectivity index (χ0) is 10.1. The molecular formula is C13H16O2. The molecule has 15 heavy (non-hydrogen) atoms. The molecule has 1 aliphatic carbocycles. The van der Waals surface area contributed by atoms with E-state index in [4.69, 9.17) is 9.47 Å². The highest BCUT2D eigenvalue weighted by molar-refractivity contribution is 5.16. The van der Waals surface area contributed by atoms with Crippen molar-refractivity contribution in [2.75, 3.05) is 0 Å². The monoisotopic (exact) mass is 204 g/mol. The first-order valence-electron chi connectivity index (χ1n) is 5.79. The van der Waals surface area contributed by atoms with Crippen LogP contribution in [0.15, 0.2) is 30.3 Å². The molecule has 1 saturated carbocycles. The van der Waals surface area contributed by atoms with Crippen LogP contribution >= 0.6 is 0 Å². The molecule has 2 nitrogen and oxygen atoms in total. The maximum absolute atomic E-state index is 5.93. The Hall–Kier alpha value is -0.860. The van der Waals surface area contributed by atoms with Gasteiger partial charge in [0.15, 0.2) is 6.29 Å². The second kappa shape index (κ2) is 3.95. The van der Waals surface area contributed by atoms with Gasteiger partial charge in [-0.2, -0.15) is 0 Å². The molecule has 2 atom stereocenters. The molecule has 1 heterocycles. The fourth-order valence-electron chi connectivity index (χ4n) is 2.49. The number of rotatable bonds is 1. The van der Waals surface area contributed by atoms with Crippen molar-refractivity contribution in [3.05, 3.63) is 35.9 Å². The summed E-state index contributed by atoms with van der Waals surface area (Å²) in [5.74, 6) is 0. The van der Waals surface area contributed by atoms with E-state index < -0.39 is 0 Å². The number of ether oxygens (including phenoxy) is 2. The molecule has 3 rings (SSSR count). The summed E-state index contributed by atoms with van der Waals surface area (Å²) in [4.78, 5) is 0. The lowest BCUT2D eigenvalue weighted by Gasteiger charge is -2.21. The van der Waals surface area contributed by atoms with Gasteiger partial charge in [-0.05, 0) is 12.8 Å². The summed E-state index contributed by atoms with van der Waals surface area (Å²) in [6, 6.07) is 10.2. The van der Waals surface area contributed by atoms with Crippen LogP contribution in [0.3, 0.4) is 0 Å². The molecule has 2 fully saturated rings. The second-order valence-electron chi connectivity index (χ2n) is 4.38. The van der Waals surface area contributed by atoms with Gasteiger partial charge in [-0.3, -0.25) is 0 Å². The van der Waals surface area contributed by atoms with E-state index in [1.165, 1.54) is 12.8 Å². The normalized spacial score (nSPS) is 31.5. The van der Waals surface area contributed by atoms with Gasteiger partial charge in [-0.1, -0.05) is 43.2 Å². The Labute approximate surface area is 90.2 Å². The van der Waals surface area contributed by atoms with Crippen molar-refractivity contribution in [2.45, 2.75) is 44.2 Å². The minimum atomic E-state index is -0.126. The highest BCUT2D eigenvalue weighted by Crippen LogP contribution is 2.37. The smallest absolute Gasteiger partial charge is 0.184 e. The van der Waals surface area contributed by atoms with Gasteiger partial charge in [0, 0.05) is 5.56 Å². The molecule has 1 aliphatic heterocycles. The summed E-state index contributed by atoms with van der Waals surface area (Å²) in [6.45, 7) is 0. The van der Waals surface area contributed by atoms with E-state index in [1.54, 1.807) is 0 Å². The van der Waals surface area contributed by atoms with Crippen molar-refractivity contribution < 1.29 is 9.47 Å². The van der Waals surface area contributed by atoms with E-state index in [0.717, 1.165) is 18.4 Å². The Bertz CT molecular complexity index is 309. The summed E-state index contributed by atoms with van der Waals surface area (Å²) in [7, 11) is 0. The molecule has 2 heteroatoms. The minimum absolute atomic E-state index is 0.126. The van der Waals surface area contributed by atoms with E-state index in [1.807, 2.05) is 18.2 Å². The van der Waals surface area contributed by atoms with Crippen LogP contribution in [-0.2, 0) is 9.47 Å². The molecule has 80 valence electrons. The van der Waals surface area contributed by atoms with Crippen LogP contribution in [0.5, 0.6) is 0 Å². The van der Waals surface area contributed by atoms with Crippen molar-refractivity contribution in [2.24, 2.45) is 0 Å². The van der Waals surface area contributed by atoms with Crippen LogP contribution < -0.4 is 0 Å². The third-order valence-corrected chi connectivity index (χ3v) is 3.31. The molecule has 1 aromatic rings. The number of fused-ring (bicyclic) bond motifs is 1. The van der Waals surface area contributed by atoms with Crippen molar-refractivity contribution in [3.8, 4) is 0 Å². The van der Waals surface area contributed by atoms with Crippen molar-refractivity contribution in [1.82, 2.24) is 0 Å². The van der Waals surface area contributed by atoms with E-state index in [-0.39, 0.29) is 6.29 Å². The van der Waals surface area contributed by atoms with Gasteiger partial charge in [0.05, 0.1) is 12.2 Å². The van der Waals surface area contributed by atoms with Crippen LogP contribution in [0.25, 0.3) is 0 Å². The molecule has 0 radical (unpaired) electrons. The first kappa shape index (κ1) is 9.37. The summed E-state index contributed by atoms with van der Waals surface area (Å²) in [6.07, 6.45) is 5.44. The fraction of sp³-hybridized carbons (Fsp3) is 0.538. The van der Waals surface area contributed by atoms with Gasteiger partial charge in [0.25, 0.3) is 0 Å². The van der Waals surface area contributed by atoms with Crippen LogP contribution in [0.2, 0.25) is 0 Å². The van der Waals surface area contributed by atoms with Crippen molar-refractivity contribution in [1.29, 1.82) is 0 Å². The Morgan fingerprint density at radius 1 is 0.867 bits per heavy atom. The lowest BCUT2D eigenvalue weighted by atomic mass is 9.95. The molecule has 0 N–H and O–H groups in total. The number of benzene rings is 1. The Morgan fingerprint density at radius 2 is 1.47 bits per heavy atom. The zero-order valence-corrected chi connectivity index (χ0v) is 8.76. The average Bonchev–Trinajstić information content (AvgIpc) is 2.74. The Morgan fingerprint density at radius 3 is 2.07 bits per heavy atom. The summed E-state index contributed by atoms with van der Waals surface area (Å²) >= 11 is 0. The minimum Gasteiger partial charge on any atom is -0.342 e. The molecule has 0 bridgehead atoms. The molecular weight excluding hydrogens is 188 g/mol. The topological polar surface area (TPSA) is 18.5 Å². The summed E-state index contributed by atoms with van der Waals surface area (Å²) < 4.78 is 11.9. The maximum atomic E-state index is 5.93. The maximum Gasteiger partial charge on any atom is 0.184 e. The predicted molar refractivity (Wildman–Crippen MR) is 57.4 cm³/mol. The molecule has 0 unspecified atom stereocenters. The van der Waals surface area contributed by atoms with Crippen molar-refractivity contribution >= 4 is 0 Å². The average molecular weight is 204 g/mol. The molecule has 1 saturated heterocycles. The SMILES string of the molecule is c1ccc(C2O[C@@H]3CCCC[C@H]3O2)cc1. The van der Waals surface area contributed by atoms with E-state index >= 15 is 0 Å². The first-order chi connectivity index (χ1) is 7.43. The highest BCUT2D eigenvalue weighted by Gasteiger charge is 2.37. The van der Waals surface area contributed by atoms with Gasteiger partial charge in [-0.25, -0.2) is 0 Å². The quantitative estimate of drug-likeness (QED) is 0.700. The lowest BCUT2D eigenvalue weighted by Crippen LogP contribution is -2.25. The Kier molecular flexibility index (Phi) is 2.47. The molecule has 0 aromatic heterocycles. The van der Waals surface area contributed by atoms with E-state index in [2.05, 4.69) is 12.1 Å². The van der Waals surface area contributed by atoms with Crippen LogP contribution in [-0.4, -0.2) is 12.2 Å². The second-order valence-corrected chi connectivity index (χ2v) is 4.38. The van der Waals surface area contributed by atoms with Gasteiger partial charge in [-0.15, -0.1) is 0 Å². The van der Waals surface area contributed by atoms with Gasteiger partial charge in [0.2, 0.25) is 0 Å². The van der Waals surface area contributed by atoms with Crippen LogP contribution in [0, 0.1) is 0 Å². The standard InChI is InChI=1S/C13H16O2/c1-2-6-10(7-3-1)13-14-11-8-4-5-9-12(11)15-13/h1-3,6-7,11-13H,4-5,8-9H2/t11-,12-/m1/s1. The molecule has 0 spiro atoms. The summed E-state index contributed by atoms with van der Waals surface area (Å²) in [5.41, 5.74) is 1.15. The van der Waals surface area contributed by atoms with Crippen molar-refractivity contribution in [3.63, 3.8) is 0 Å². The highest BCUT2D eigenvalue weighted by atomic mass is 16.7. The summed E-state index contributed by atoms with van der Waals surface area (Å²) in [5, 5.41) is 0. The van der Waals surface area contributed by atoms with Crippen LogP contribution in [0.1, 0.15) is 37.5 Å². The van der Waals surface area contributed by atoms with Gasteiger partial charge in [0.1, 0.15) is 0 Å². The van der Waals surface area contributed by atoms with Crippen LogP contribution in [0.4, 0.5) is 0 Å². The molecule has 2 aliphatic rings. The third kappa shape index (κ3) is 1.80. The molecule has 0 amide bonds. The molecule has 1 aromatic carbocycles. The third-order valence-electron chi connectivity index (χ3n) is 3.31. The largest absolute Gasteiger partial charge is 0.342 e.